The molecule has 1 N–H and O–H groups in total. The number of hydrogen-bond acceptors (Lipinski definition) is 5. The van der Waals surface area contributed by atoms with Crippen LogP contribution in [-0.4, -0.2) is 41.5 Å². The summed E-state index contributed by atoms with van der Waals surface area (Å²) < 4.78 is 11.6. The van der Waals surface area contributed by atoms with Gasteiger partial charge in [0.05, 0.1) is 17.9 Å². The topological polar surface area (TPSA) is 67.6 Å². The van der Waals surface area contributed by atoms with Gasteiger partial charge in [-0.15, -0.1) is 0 Å². The number of rotatable bonds is 6. The van der Waals surface area contributed by atoms with Crippen molar-refractivity contribution in [3.05, 3.63) is 35.7 Å². The third-order valence-electron chi connectivity index (χ3n) is 4.68. The molecule has 6 heteroatoms. The number of likely N-dealkylation sites (tertiary alicyclic amines) is 1. The van der Waals surface area contributed by atoms with Crippen LogP contribution in [0.15, 0.2) is 28.7 Å². The average molecular weight is 357 g/mol. The second-order valence-corrected chi connectivity index (χ2v) is 6.70. The largest absolute Gasteiger partial charge is 0.493 e. The van der Waals surface area contributed by atoms with E-state index in [1.54, 1.807) is 6.92 Å². The molecule has 1 aromatic carbocycles. The number of amides is 1. The molecular formula is C20H27N3O3. The summed E-state index contributed by atoms with van der Waals surface area (Å²) in [6.45, 7) is 8.76. The van der Waals surface area contributed by atoms with E-state index in [1.165, 1.54) is 0 Å². The molecule has 1 saturated heterocycles. The smallest absolute Gasteiger partial charge is 0.230 e. The quantitative estimate of drug-likeness (QED) is 0.860. The van der Waals surface area contributed by atoms with Crippen molar-refractivity contribution in [1.82, 2.24) is 15.2 Å². The van der Waals surface area contributed by atoms with E-state index in [9.17, 15) is 4.79 Å². The van der Waals surface area contributed by atoms with Gasteiger partial charge >= 0.3 is 0 Å². The molecule has 0 saturated carbocycles. The number of ether oxygens (including phenoxy) is 1. The van der Waals surface area contributed by atoms with Crippen molar-refractivity contribution >= 4 is 5.91 Å². The highest BCUT2D eigenvalue weighted by Crippen LogP contribution is 2.31. The fourth-order valence-corrected chi connectivity index (χ4v) is 3.35. The van der Waals surface area contributed by atoms with E-state index in [0.717, 1.165) is 55.2 Å². The van der Waals surface area contributed by atoms with Gasteiger partial charge in [-0.2, -0.15) is 0 Å². The van der Waals surface area contributed by atoms with Crippen LogP contribution in [0.2, 0.25) is 0 Å². The lowest BCUT2D eigenvalue weighted by molar-refractivity contribution is -0.119. The molecule has 6 nitrogen and oxygen atoms in total. The lowest BCUT2D eigenvalue weighted by Crippen LogP contribution is -2.43. The van der Waals surface area contributed by atoms with Crippen LogP contribution in [0.4, 0.5) is 0 Å². The number of hydrogen-bond donors (Lipinski definition) is 1. The molecule has 1 aliphatic rings. The normalized spacial score (nSPS) is 15.8. The molecule has 140 valence electrons. The minimum Gasteiger partial charge on any atom is -0.493 e. The van der Waals surface area contributed by atoms with Gasteiger partial charge in [0.2, 0.25) is 11.8 Å². The number of benzene rings is 1. The molecule has 1 aromatic heterocycles. The van der Waals surface area contributed by atoms with E-state index in [1.807, 2.05) is 38.1 Å². The minimum absolute atomic E-state index is 0.0494. The molecule has 1 fully saturated rings. The van der Waals surface area contributed by atoms with E-state index in [4.69, 9.17) is 14.1 Å². The van der Waals surface area contributed by atoms with E-state index in [2.05, 4.69) is 10.2 Å². The van der Waals surface area contributed by atoms with Crippen molar-refractivity contribution in [3.63, 3.8) is 0 Å². The third kappa shape index (κ3) is 4.43. The highest BCUT2D eigenvalue weighted by Gasteiger charge is 2.22. The summed E-state index contributed by atoms with van der Waals surface area (Å²) in [7, 11) is 0. The van der Waals surface area contributed by atoms with Crippen molar-refractivity contribution in [2.24, 2.45) is 0 Å². The summed E-state index contributed by atoms with van der Waals surface area (Å²) in [6, 6.07) is 8.11. The van der Waals surface area contributed by atoms with Crippen molar-refractivity contribution < 1.29 is 13.9 Å². The first-order valence-electron chi connectivity index (χ1n) is 9.24. The van der Waals surface area contributed by atoms with Crippen molar-refractivity contribution in [2.75, 3.05) is 19.7 Å². The lowest BCUT2D eigenvalue weighted by atomic mass is 10.0. The summed E-state index contributed by atoms with van der Waals surface area (Å²) in [5.41, 5.74) is 1.84. The lowest BCUT2D eigenvalue weighted by Gasteiger charge is -2.31. The van der Waals surface area contributed by atoms with E-state index < -0.39 is 0 Å². The SMILES string of the molecule is CCOc1ccccc1-c1nc(CN2CCC(NC(C)=O)CC2)c(C)o1. The van der Waals surface area contributed by atoms with Gasteiger partial charge < -0.3 is 14.5 Å². The van der Waals surface area contributed by atoms with Crippen molar-refractivity contribution in [2.45, 2.75) is 46.2 Å². The van der Waals surface area contributed by atoms with Crippen LogP contribution in [0, 0.1) is 6.92 Å². The monoisotopic (exact) mass is 357 g/mol. The molecule has 0 spiro atoms. The third-order valence-corrected chi connectivity index (χ3v) is 4.68. The Morgan fingerprint density at radius 3 is 2.77 bits per heavy atom. The van der Waals surface area contributed by atoms with Gasteiger partial charge in [0.25, 0.3) is 0 Å². The molecule has 2 aromatic rings. The number of oxazole rings is 1. The Morgan fingerprint density at radius 1 is 1.35 bits per heavy atom. The molecule has 26 heavy (non-hydrogen) atoms. The van der Waals surface area contributed by atoms with Gasteiger partial charge in [0.15, 0.2) is 0 Å². The Bertz CT molecular complexity index is 749. The van der Waals surface area contributed by atoms with Crippen LogP contribution < -0.4 is 10.1 Å². The summed E-state index contributed by atoms with van der Waals surface area (Å²) in [5.74, 6) is 2.29. The first-order chi connectivity index (χ1) is 12.6. The molecule has 0 bridgehead atoms. The first kappa shape index (κ1) is 18.5. The number of nitrogens with zero attached hydrogens (tertiary/aromatic N) is 2. The Labute approximate surface area is 154 Å². The number of aryl methyl sites for hydroxylation is 1. The van der Waals surface area contributed by atoms with Crippen molar-refractivity contribution in [1.29, 1.82) is 0 Å². The fourth-order valence-electron chi connectivity index (χ4n) is 3.35. The zero-order valence-corrected chi connectivity index (χ0v) is 15.7. The summed E-state index contributed by atoms with van der Waals surface area (Å²) in [5, 5.41) is 3.01. The van der Waals surface area contributed by atoms with Gasteiger partial charge in [-0.25, -0.2) is 4.98 Å². The van der Waals surface area contributed by atoms with Gasteiger partial charge in [-0.05, 0) is 38.8 Å². The maximum Gasteiger partial charge on any atom is 0.230 e. The predicted molar refractivity (Wildman–Crippen MR) is 100.0 cm³/mol. The van der Waals surface area contributed by atoms with Crippen LogP contribution in [0.1, 0.15) is 38.1 Å². The molecule has 0 aliphatic carbocycles. The van der Waals surface area contributed by atoms with Crippen LogP contribution in [-0.2, 0) is 11.3 Å². The first-order valence-corrected chi connectivity index (χ1v) is 9.24. The zero-order valence-electron chi connectivity index (χ0n) is 15.7. The van der Waals surface area contributed by atoms with Gasteiger partial charge in [-0.1, -0.05) is 12.1 Å². The summed E-state index contributed by atoms with van der Waals surface area (Å²) in [6.07, 6.45) is 1.94. The maximum atomic E-state index is 11.2. The van der Waals surface area contributed by atoms with Crippen LogP contribution >= 0.6 is 0 Å². The number of aromatic nitrogens is 1. The minimum atomic E-state index is 0.0494. The number of carbonyl (C=O) groups is 1. The predicted octanol–water partition coefficient (Wildman–Crippen LogP) is 3.15. The second-order valence-electron chi connectivity index (χ2n) is 6.70. The maximum absolute atomic E-state index is 11.2. The summed E-state index contributed by atoms with van der Waals surface area (Å²) >= 11 is 0. The molecule has 2 heterocycles. The van der Waals surface area contributed by atoms with Gasteiger partial charge in [0, 0.05) is 32.6 Å². The highest BCUT2D eigenvalue weighted by molar-refractivity contribution is 5.73. The Balaban J connectivity index is 1.67. The van der Waals surface area contributed by atoms with Crippen LogP contribution in [0.3, 0.4) is 0 Å². The standard InChI is InChI=1S/C20H27N3O3/c1-4-25-19-8-6-5-7-17(19)20-22-18(14(2)26-20)13-23-11-9-16(10-12-23)21-15(3)24/h5-8,16H,4,9-13H2,1-3H3,(H,21,24). The zero-order chi connectivity index (χ0) is 18.5. The molecule has 1 amide bonds. The fraction of sp³-hybridized carbons (Fsp3) is 0.500. The van der Waals surface area contributed by atoms with E-state index >= 15 is 0 Å². The number of nitrogens with one attached hydrogen (secondary N) is 1. The number of para-hydroxylation sites is 1. The Hall–Kier alpha value is -2.34. The van der Waals surface area contributed by atoms with E-state index in [0.29, 0.717) is 12.5 Å². The Kier molecular flexibility index (Phi) is 5.93. The molecule has 1 aliphatic heterocycles. The van der Waals surface area contributed by atoms with E-state index in [-0.39, 0.29) is 11.9 Å². The Morgan fingerprint density at radius 2 is 2.08 bits per heavy atom. The molecule has 0 atom stereocenters. The molecule has 0 unspecified atom stereocenters. The summed E-state index contributed by atoms with van der Waals surface area (Å²) in [4.78, 5) is 18.3. The number of piperidine rings is 1. The highest BCUT2D eigenvalue weighted by atomic mass is 16.5. The molecule has 0 radical (unpaired) electrons. The second kappa shape index (κ2) is 8.36. The van der Waals surface area contributed by atoms with Gasteiger partial charge in [-0.3, -0.25) is 9.69 Å². The molecular weight excluding hydrogens is 330 g/mol. The van der Waals surface area contributed by atoms with Crippen molar-refractivity contribution in [3.8, 4) is 17.2 Å². The number of carbonyl (C=O) groups excluding carboxylic acids is 1. The van der Waals surface area contributed by atoms with Gasteiger partial charge in [0.1, 0.15) is 11.5 Å². The van der Waals surface area contributed by atoms with Crippen LogP contribution in [0.5, 0.6) is 5.75 Å². The van der Waals surface area contributed by atoms with Crippen LogP contribution in [0.25, 0.3) is 11.5 Å². The average Bonchev–Trinajstić information content (AvgIpc) is 2.97. The molecule has 3 rings (SSSR count).